The molecule has 1 atom stereocenters. The molecule has 0 saturated heterocycles. The van der Waals surface area contributed by atoms with Gasteiger partial charge in [0, 0.05) is 46.0 Å². The largest absolute Gasteiger partial charge is 0.490 e. The monoisotopic (exact) mass is 526 g/mol. The number of anilines is 1. The molecular formula is C28H35ClN4O4. The van der Waals surface area contributed by atoms with E-state index in [0.717, 1.165) is 53.4 Å². The van der Waals surface area contributed by atoms with Gasteiger partial charge in [0.05, 0.1) is 5.41 Å². The number of amides is 2. The van der Waals surface area contributed by atoms with Gasteiger partial charge in [-0.05, 0) is 62.9 Å². The molecule has 0 radical (unpaired) electrons. The van der Waals surface area contributed by atoms with Crippen molar-refractivity contribution in [3.63, 3.8) is 0 Å². The van der Waals surface area contributed by atoms with Crippen LogP contribution in [0.4, 0.5) is 5.69 Å². The molecule has 198 valence electrons. The van der Waals surface area contributed by atoms with Crippen molar-refractivity contribution in [2.75, 3.05) is 18.5 Å². The van der Waals surface area contributed by atoms with Gasteiger partial charge in [0.2, 0.25) is 11.8 Å². The van der Waals surface area contributed by atoms with Gasteiger partial charge < -0.3 is 31.2 Å². The molecule has 3 aromatic rings. The summed E-state index contributed by atoms with van der Waals surface area (Å²) in [5, 5.41) is 18.0. The summed E-state index contributed by atoms with van der Waals surface area (Å²) in [6.07, 6.45) is 5.51. The molecule has 9 heteroatoms. The summed E-state index contributed by atoms with van der Waals surface area (Å²) in [5.41, 5.74) is 8.85. The number of benzene rings is 2. The summed E-state index contributed by atoms with van der Waals surface area (Å²) in [5.74, 6) is 0.277. The molecule has 0 unspecified atom stereocenters. The fourth-order valence-corrected chi connectivity index (χ4v) is 5.84. The number of aromatic nitrogens is 1. The summed E-state index contributed by atoms with van der Waals surface area (Å²) < 4.78 is 6.08. The van der Waals surface area contributed by atoms with E-state index in [1.807, 2.05) is 36.5 Å². The molecule has 1 aliphatic carbocycles. The molecule has 1 saturated carbocycles. The first kappa shape index (κ1) is 27.0. The van der Waals surface area contributed by atoms with Crippen LogP contribution in [0.3, 0.4) is 0 Å². The van der Waals surface area contributed by atoms with Crippen molar-refractivity contribution in [2.45, 2.75) is 63.0 Å². The summed E-state index contributed by atoms with van der Waals surface area (Å²) in [4.78, 5) is 27.9. The third-order valence-electron chi connectivity index (χ3n) is 7.58. The Morgan fingerprint density at radius 1 is 1.22 bits per heavy atom. The summed E-state index contributed by atoms with van der Waals surface area (Å²) in [7, 11) is 0. The van der Waals surface area contributed by atoms with E-state index >= 15 is 0 Å². The second kappa shape index (κ2) is 10.4. The molecule has 2 aliphatic rings. The number of fused-ring (bicyclic) bond motifs is 3. The van der Waals surface area contributed by atoms with Gasteiger partial charge in [0.15, 0.2) is 0 Å². The lowest BCUT2D eigenvalue weighted by atomic mass is 9.79. The van der Waals surface area contributed by atoms with Crippen LogP contribution in [-0.2, 0) is 16.6 Å². The Kier molecular flexibility index (Phi) is 7.55. The number of aromatic amines is 1. The van der Waals surface area contributed by atoms with Crippen molar-refractivity contribution < 1.29 is 19.4 Å². The van der Waals surface area contributed by atoms with E-state index < -0.39 is 17.4 Å². The lowest BCUT2D eigenvalue weighted by Gasteiger charge is -2.28. The van der Waals surface area contributed by atoms with Gasteiger partial charge >= 0.3 is 0 Å². The predicted octanol–water partition coefficient (Wildman–Crippen LogP) is 3.80. The Bertz CT molecular complexity index is 1310. The number of halogens is 1. The lowest BCUT2D eigenvalue weighted by molar-refractivity contribution is -0.120. The minimum atomic E-state index is -0.742. The Hall–Kier alpha value is -3.07. The van der Waals surface area contributed by atoms with Gasteiger partial charge in [0.25, 0.3) is 0 Å². The molecule has 2 heterocycles. The number of rotatable bonds is 9. The lowest BCUT2D eigenvalue weighted by Crippen LogP contribution is -2.46. The van der Waals surface area contributed by atoms with E-state index in [4.69, 9.17) is 10.5 Å². The van der Waals surface area contributed by atoms with E-state index in [0.29, 0.717) is 24.3 Å². The first-order valence-electron chi connectivity index (χ1n) is 12.6. The molecule has 1 fully saturated rings. The highest BCUT2D eigenvalue weighted by Crippen LogP contribution is 2.52. The van der Waals surface area contributed by atoms with Crippen molar-refractivity contribution in [2.24, 2.45) is 5.73 Å². The number of carbonyl (C=O) groups excluding carboxylic acids is 2. The highest BCUT2D eigenvalue weighted by molar-refractivity contribution is 6.08. The second-order valence-electron chi connectivity index (χ2n) is 10.7. The smallest absolute Gasteiger partial charge is 0.249 e. The average Bonchev–Trinajstić information content (AvgIpc) is 3.56. The standard InChI is InChI=1S/C28H34N4O4.ClH/c1-27(2,13-17-14-30-20-8-5-7-19(23(17)20)25(29)34)31-15-18(33)16-36-22-10-6-9-21-24(22)28(26(35)32-21)11-3-4-12-28;/h5-10,14,18,30-31,33H,3-4,11-13,15-16H2,1-2H3,(H2,29,34)(H,32,35);1H/t18-;/m0./s1. The first-order chi connectivity index (χ1) is 17.2. The summed E-state index contributed by atoms with van der Waals surface area (Å²) in [6.45, 7) is 4.55. The number of β-amino-alcohol motifs (C(OH)–C–C–N with tert-alkyl or cyclic N) is 1. The van der Waals surface area contributed by atoms with Crippen molar-refractivity contribution >= 4 is 40.8 Å². The minimum Gasteiger partial charge on any atom is -0.490 e. The molecule has 6 N–H and O–H groups in total. The zero-order chi connectivity index (χ0) is 25.5. The molecule has 5 rings (SSSR count). The van der Waals surface area contributed by atoms with Gasteiger partial charge in [-0.25, -0.2) is 0 Å². The Morgan fingerprint density at radius 3 is 2.68 bits per heavy atom. The van der Waals surface area contributed by atoms with Gasteiger partial charge in [-0.15, -0.1) is 12.4 Å². The van der Waals surface area contributed by atoms with E-state index in [9.17, 15) is 14.7 Å². The molecule has 1 aliphatic heterocycles. The molecular weight excluding hydrogens is 492 g/mol. The number of hydrogen-bond donors (Lipinski definition) is 5. The minimum absolute atomic E-state index is 0. The van der Waals surface area contributed by atoms with Crippen molar-refractivity contribution in [3.8, 4) is 5.75 Å². The predicted molar refractivity (Wildman–Crippen MR) is 147 cm³/mol. The molecule has 0 bridgehead atoms. The van der Waals surface area contributed by atoms with Crippen LogP contribution in [0, 0.1) is 0 Å². The fraction of sp³-hybridized carbons (Fsp3) is 0.429. The molecule has 2 aromatic carbocycles. The maximum atomic E-state index is 12.8. The number of primary amides is 1. The number of H-pyrrole nitrogens is 1. The van der Waals surface area contributed by atoms with Crippen LogP contribution in [0.5, 0.6) is 5.75 Å². The number of aliphatic hydroxyl groups is 1. The molecule has 8 nitrogen and oxygen atoms in total. The molecule has 1 aromatic heterocycles. The van der Waals surface area contributed by atoms with Gasteiger partial charge in [0.1, 0.15) is 18.5 Å². The zero-order valence-electron chi connectivity index (χ0n) is 21.2. The van der Waals surface area contributed by atoms with Crippen LogP contribution in [0.25, 0.3) is 10.9 Å². The Morgan fingerprint density at radius 2 is 1.95 bits per heavy atom. The van der Waals surface area contributed by atoms with Crippen LogP contribution < -0.4 is 21.1 Å². The maximum Gasteiger partial charge on any atom is 0.249 e. The first-order valence-corrected chi connectivity index (χ1v) is 12.6. The zero-order valence-corrected chi connectivity index (χ0v) is 22.0. The summed E-state index contributed by atoms with van der Waals surface area (Å²) in [6, 6.07) is 11.1. The highest BCUT2D eigenvalue weighted by Gasteiger charge is 2.50. The highest BCUT2D eigenvalue weighted by atomic mass is 35.5. The molecule has 1 spiro atoms. The molecule has 2 amide bonds. The van der Waals surface area contributed by atoms with Crippen LogP contribution in [-0.4, -0.2) is 46.7 Å². The SMILES string of the molecule is CC(C)(Cc1c[nH]c2cccc(C(N)=O)c12)NC[C@H](O)COc1cccc2c1C1(CCCC1)C(=O)N2.Cl. The van der Waals surface area contributed by atoms with Crippen LogP contribution in [0.1, 0.15) is 61.0 Å². The topological polar surface area (TPSA) is 129 Å². The molecule has 37 heavy (non-hydrogen) atoms. The summed E-state index contributed by atoms with van der Waals surface area (Å²) >= 11 is 0. The van der Waals surface area contributed by atoms with E-state index in [2.05, 4.69) is 29.5 Å². The number of ether oxygens (including phenoxy) is 1. The van der Waals surface area contributed by atoms with Gasteiger partial charge in [-0.2, -0.15) is 0 Å². The second-order valence-corrected chi connectivity index (χ2v) is 10.7. The van der Waals surface area contributed by atoms with Crippen molar-refractivity contribution in [3.05, 3.63) is 59.3 Å². The van der Waals surface area contributed by atoms with Crippen LogP contribution in [0.2, 0.25) is 0 Å². The number of nitrogens with one attached hydrogen (secondary N) is 3. The third-order valence-corrected chi connectivity index (χ3v) is 7.58. The number of carbonyl (C=O) groups is 2. The number of nitrogens with two attached hydrogens (primary N) is 1. The van der Waals surface area contributed by atoms with E-state index in [-0.39, 0.29) is 30.5 Å². The Balaban J connectivity index is 0.00000320. The van der Waals surface area contributed by atoms with E-state index in [1.165, 1.54) is 0 Å². The Labute approximate surface area is 222 Å². The maximum absolute atomic E-state index is 12.8. The number of hydrogen-bond acceptors (Lipinski definition) is 5. The van der Waals surface area contributed by atoms with Gasteiger partial charge in [-0.3, -0.25) is 9.59 Å². The third kappa shape index (κ3) is 5.06. The number of aliphatic hydroxyl groups excluding tert-OH is 1. The normalized spacial score (nSPS) is 16.9. The fourth-order valence-electron chi connectivity index (χ4n) is 5.84. The van der Waals surface area contributed by atoms with Crippen molar-refractivity contribution in [1.29, 1.82) is 0 Å². The average molecular weight is 527 g/mol. The van der Waals surface area contributed by atoms with Gasteiger partial charge in [-0.1, -0.05) is 25.0 Å². The van der Waals surface area contributed by atoms with Crippen molar-refractivity contribution in [1.82, 2.24) is 10.3 Å². The van der Waals surface area contributed by atoms with Crippen LogP contribution in [0.15, 0.2) is 42.6 Å². The quantitative estimate of drug-likeness (QED) is 0.289. The van der Waals surface area contributed by atoms with E-state index in [1.54, 1.807) is 6.07 Å². The van der Waals surface area contributed by atoms with Crippen LogP contribution >= 0.6 is 12.4 Å².